The lowest BCUT2D eigenvalue weighted by atomic mass is 10.1. The maximum atomic E-state index is 13.2. The van der Waals surface area contributed by atoms with Crippen molar-refractivity contribution in [3.05, 3.63) is 99.5 Å². The molecule has 36 heavy (non-hydrogen) atoms. The molecule has 3 rings (SSSR count). The van der Waals surface area contributed by atoms with Crippen LogP contribution in [0, 0.1) is 0 Å². The number of carbonyl (C=O) groups excluding carboxylic acids is 3. The summed E-state index contributed by atoms with van der Waals surface area (Å²) in [5.41, 5.74) is 1.16. The second-order valence-corrected chi connectivity index (χ2v) is 8.38. The van der Waals surface area contributed by atoms with Crippen molar-refractivity contribution < 1.29 is 33.8 Å². The van der Waals surface area contributed by atoms with E-state index in [-0.39, 0.29) is 11.1 Å². The smallest absolute Gasteiger partial charge is 0.349 e. The van der Waals surface area contributed by atoms with Crippen molar-refractivity contribution in [1.29, 1.82) is 0 Å². The monoisotopic (exact) mass is 529 g/mol. The molecule has 3 aromatic rings. The Hall–Kier alpha value is -3.88. The lowest BCUT2D eigenvalue weighted by Gasteiger charge is -2.24. The molecule has 186 valence electrons. The minimum atomic E-state index is -2.15. The Morgan fingerprint density at radius 2 is 1.25 bits per heavy atom. The van der Waals surface area contributed by atoms with E-state index in [0.29, 0.717) is 22.2 Å². The number of ether oxygens (including phenoxy) is 2. The van der Waals surface area contributed by atoms with E-state index < -0.39 is 36.0 Å². The molecule has 0 aliphatic carbocycles. The molecule has 0 heterocycles. The van der Waals surface area contributed by atoms with Crippen molar-refractivity contribution in [2.45, 2.75) is 25.6 Å². The topological polar surface area (TPSA) is 119 Å². The predicted octanol–water partition coefficient (Wildman–Crippen LogP) is 5.03. The summed E-state index contributed by atoms with van der Waals surface area (Å²) in [7, 11) is 0. The molecule has 0 aromatic heterocycles. The average Bonchev–Trinajstić information content (AvgIpc) is 2.86. The predicted molar refractivity (Wildman–Crippen MR) is 133 cm³/mol. The van der Waals surface area contributed by atoms with Gasteiger partial charge in [-0.15, -0.1) is 0 Å². The molecular weight excluding hydrogens is 509 g/mol. The van der Waals surface area contributed by atoms with Gasteiger partial charge >= 0.3 is 17.9 Å². The lowest BCUT2D eigenvalue weighted by molar-refractivity contribution is -0.157. The van der Waals surface area contributed by atoms with Crippen LogP contribution in [0.3, 0.4) is 0 Å². The fourth-order valence-electron chi connectivity index (χ4n) is 3.19. The Kier molecular flexibility index (Phi) is 9.05. The van der Waals surface area contributed by atoms with Crippen molar-refractivity contribution in [3.63, 3.8) is 0 Å². The molecule has 0 unspecified atom stereocenters. The number of amides is 1. The quantitative estimate of drug-likeness (QED) is 0.373. The van der Waals surface area contributed by atoms with Crippen LogP contribution in [0.5, 0.6) is 0 Å². The fraction of sp³-hybridized carbons (Fsp3) is 0.154. The molecule has 0 saturated carbocycles. The number of carbonyl (C=O) groups is 4. The molecule has 0 spiro atoms. The van der Waals surface area contributed by atoms with Gasteiger partial charge in [-0.1, -0.05) is 48.3 Å². The summed E-state index contributed by atoms with van der Waals surface area (Å²) < 4.78 is 10.4. The zero-order valence-corrected chi connectivity index (χ0v) is 20.5. The van der Waals surface area contributed by atoms with E-state index >= 15 is 0 Å². The van der Waals surface area contributed by atoms with Crippen LogP contribution in [0.1, 0.15) is 33.2 Å². The molecule has 1 amide bonds. The second kappa shape index (κ2) is 12.2. The second-order valence-electron chi connectivity index (χ2n) is 7.50. The van der Waals surface area contributed by atoms with Gasteiger partial charge in [-0.05, 0) is 66.6 Å². The van der Waals surface area contributed by atoms with Gasteiger partial charge in [0.1, 0.15) is 0 Å². The van der Waals surface area contributed by atoms with Crippen LogP contribution in [-0.2, 0) is 25.5 Å². The summed E-state index contributed by atoms with van der Waals surface area (Å²) in [5, 5.41) is 13.1. The maximum Gasteiger partial charge on any atom is 0.349 e. The molecule has 3 aromatic carbocycles. The van der Waals surface area contributed by atoms with Crippen molar-refractivity contribution in [2.24, 2.45) is 0 Å². The highest BCUT2D eigenvalue weighted by Crippen LogP contribution is 2.20. The number of carboxylic acids is 1. The minimum Gasteiger partial charge on any atom is -0.478 e. The molecule has 0 bridgehead atoms. The number of esters is 2. The number of hydrogen-bond donors (Lipinski definition) is 2. The number of benzene rings is 3. The third kappa shape index (κ3) is 6.84. The first kappa shape index (κ1) is 26.7. The summed E-state index contributed by atoms with van der Waals surface area (Å²) in [6, 6.07) is 17.9. The van der Waals surface area contributed by atoms with Crippen molar-refractivity contribution in [3.8, 4) is 0 Å². The molecule has 2 N–H and O–H groups in total. The highest BCUT2D eigenvalue weighted by molar-refractivity contribution is 6.31. The van der Waals surface area contributed by atoms with Crippen LogP contribution in [0.2, 0.25) is 10.0 Å². The Morgan fingerprint density at radius 1 is 0.778 bits per heavy atom. The minimum absolute atomic E-state index is 0.00911. The lowest BCUT2D eigenvalue weighted by Crippen LogP contribution is -2.48. The third-order valence-corrected chi connectivity index (χ3v) is 5.56. The van der Waals surface area contributed by atoms with Gasteiger partial charge < -0.3 is 19.9 Å². The van der Waals surface area contributed by atoms with Crippen molar-refractivity contribution in [2.75, 3.05) is 5.32 Å². The number of para-hydroxylation sites is 1. The van der Waals surface area contributed by atoms with Gasteiger partial charge in [0.05, 0.1) is 11.1 Å². The van der Waals surface area contributed by atoms with Gasteiger partial charge in [0, 0.05) is 15.7 Å². The largest absolute Gasteiger partial charge is 0.478 e. The van der Waals surface area contributed by atoms with Crippen LogP contribution < -0.4 is 5.32 Å². The number of nitrogens with one attached hydrogen (secondary N) is 1. The molecule has 8 nitrogen and oxygen atoms in total. The van der Waals surface area contributed by atoms with Crippen LogP contribution in [0.25, 0.3) is 0 Å². The number of rotatable bonds is 9. The molecule has 0 radical (unpaired) electrons. The normalized spacial score (nSPS) is 12.2. The SMILES string of the molecule is CCc1ccccc1NC(=O)[C@@H](OC(=O)c1ccc(Cl)cc1)[C@@H](OC(=O)c1ccc(Cl)cc1)C(=O)O. The fourth-order valence-corrected chi connectivity index (χ4v) is 3.44. The first-order valence-electron chi connectivity index (χ1n) is 10.7. The van der Waals surface area contributed by atoms with E-state index in [1.807, 2.05) is 6.92 Å². The van der Waals surface area contributed by atoms with Crippen molar-refractivity contribution >= 4 is 52.7 Å². The van der Waals surface area contributed by atoms with Gasteiger partial charge in [0.15, 0.2) is 0 Å². The molecular formula is C26H21Cl2NO7. The first-order valence-corrected chi connectivity index (χ1v) is 11.5. The molecule has 0 aliphatic heterocycles. The number of anilines is 1. The van der Waals surface area contributed by atoms with Crippen LogP contribution in [0.15, 0.2) is 72.8 Å². The summed E-state index contributed by atoms with van der Waals surface area (Å²) in [4.78, 5) is 50.8. The van der Waals surface area contributed by atoms with E-state index in [4.69, 9.17) is 32.7 Å². The zero-order chi connectivity index (χ0) is 26.2. The number of hydrogen-bond acceptors (Lipinski definition) is 6. The van der Waals surface area contributed by atoms with Gasteiger partial charge in [0.2, 0.25) is 12.2 Å². The first-order chi connectivity index (χ1) is 17.2. The van der Waals surface area contributed by atoms with E-state index in [0.717, 1.165) is 5.56 Å². The summed E-state index contributed by atoms with van der Waals surface area (Å²) in [5.74, 6) is -4.74. The number of aliphatic carboxylic acids is 1. The van der Waals surface area contributed by atoms with Gasteiger partial charge in [-0.2, -0.15) is 0 Å². The van der Waals surface area contributed by atoms with Gasteiger partial charge in [-0.3, -0.25) is 4.79 Å². The highest BCUT2D eigenvalue weighted by atomic mass is 35.5. The van der Waals surface area contributed by atoms with E-state index in [1.165, 1.54) is 48.5 Å². The molecule has 2 atom stereocenters. The molecule has 0 aliphatic rings. The average molecular weight is 530 g/mol. The molecule has 0 saturated heterocycles. The molecule has 10 heteroatoms. The van der Waals surface area contributed by atoms with Gasteiger partial charge in [0.25, 0.3) is 5.91 Å². The standard InChI is InChI=1S/C26H21Cl2NO7/c1-2-15-5-3-4-6-20(15)29-23(30)21(35-25(33)16-7-11-18(27)12-8-16)22(24(31)32)36-26(34)17-9-13-19(28)14-10-17/h3-14,21-22H,2H2,1H3,(H,29,30)(H,31,32)/t21-,22+/m0/s1. The van der Waals surface area contributed by atoms with Crippen LogP contribution in [0.4, 0.5) is 5.69 Å². The Balaban J connectivity index is 1.93. The van der Waals surface area contributed by atoms with Crippen LogP contribution in [-0.4, -0.2) is 41.1 Å². The number of carboxylic acid groups (broad SMARTS) is 1. The number of aryl methyl sites for hydroxylation is 1. The number of halogens is 2. The Morgan fingerprint density at radius 3 is 1.72 bits per heavy atom. The van der Waals surface area contributed by atoms with Gasteiger partial charge in [-0.25, -0.2) is 14.4 Å². The van der Waals surface area contributed by atoms with Crippen LogP contribution >= 0.6 is 23.2 Å². The van der Waals surface area contributed by atoms with E-state index in [1.54, 1.807) is 24.3 Å². The summed E-state index contributed by atoms with van der Waals surface area (Å²) >= 11 is 11.7. The zero-order valence-electron chi connectivity index (χ0n) is 18.9. The van der Waals surface area contributed by atoms with Crippen molar-refractivity contribution in [1.82, 2.24) is 0 Å². The Labute approximate surface area is 216 Å². The third-order valence-electron chi connectivity index (χ3n) is 5.06. The molecule has 0 fully saturated rings. The highest BCUT2D eigenvalue weighted by Gasteiger charge is 2.41. The summed E-state index contributed by atoms with van der Waals surface area (Å²) in [6.07, 6.45) is -3.61. The summed E-state index contributed by atoms with van der Waals surface area (Å²) in [6.45, 7) is 1.87. The van der Waals surface area contributed by atoms with E-state index in [9.17, 15) is 24.3 Å². The van der Waals surface area contributed by atoms with E-state index in [2.05, 4.69) is 5.32 Å². The maximum absolute atomic E-state index is 13.2. The Bertz CT molecular complexity index is 1260.